The minimum absolute atomic E-state index is 0.114. The number of anilines is 1. The maximum Gasteiger partial charge on any atom is 0.231 e. The zero-order valence-corrected chi connectivity index (χ0v) is 12.6. The topological polar surface area (TPSA) is 40.5 Å². The second kappa shape index (κ2) is 6.61. The molecular weight excluding hydrogens is 262 g/mol. The van der Waals surface area contributed by atoms with Crippen LogP contribution in [0.3, 0.4) is 0 Å². The van der Waals surface area contributed by atoms with Crippen LogP contribution < -0.4 is 4.90 Å². The van der Waals surface area contributed by atoms with Crippen molar-refractivity contribution in [3.8, 4) is 0 Å². The molecule has 3 heteroatoms. The Balaban J connectivity index is 1.44. The van der Waals surface area contributed by atoms with Crippen LogP contribution in [0.1, 0.15) is 44.9 Å². The molecule has 2 atom stereocenters. The molecule has 1 N–H and O–H groups in total. The quantitative estimate of drug-likeness (QED) is 0.844. The van der Waals surface area contributed by atoms with Crippen LogP contribution in [-0.4, -0.2) is 23.7 Å². The first-order valence-electron chi connectivity index (χ1n) is 8.30. The Labute approximate surface area is 127 Å². The number of amides is 1. The van der Waals surface area contributed by atoms with E-state index in [1.165, 1.54) is 19.3 Å². The fraction of sp³-hybridized carbons (Fsp3) is 0.611. The molecule has 3 nitrogen and oxygen atoms in total. The van der Waals surface area contributed by atoms with Gasteiger partial charge >= 0.3 is 0 Å². The highest BCUT2D eigenvalue weighted by Gasteiger charge is 2.37. The van der Waals surface area contributed by atoms with Crippen LogP contribution in [-0.2, 0) is 4.79 Å². The molecular formula is C18H25NO2. The van der Waals surface area contributed by atoms with Gasteiger partial charge in [-0.05, 0) is 43.7 Å². The number of aliphatic hydroxyl groups is 1. The van der Waals surface area contributed by atoms with Gasteiger partial charge in [-0.3, -0.25) is 4.79 Å². The molecule has 0 aromatic heterocycles. The van der Waals surface area contributed by atoms with Gasteiger partial charge in [0.15, 0.2) is 0 Å². The molecule has 1 amide bonds. The number of aliphatic hydroxyl groups excluding tert-OH is 1. The number of β-lactam (4-membered cyclic amide) rings is 1. The predicted molar refractivity (Wildman–Crippen MR) is 84.1 cm³/mol. The third kappa shape index (κ3) is 3.29. The van der Waals surface area contributed by atoms with Crippen LogP contribution in [0.15, 0.2) is 30.3 Å². The van der Waals surface area contributed by atoms with Gasteiger partial charge in [0.25, 0.3) is 0 Å². The molecule has 114 valence electrons. The van der Waals surface area contributed by atoms with Crippen LogP contribution >= 0.6 is 0 Å². The number of rotatable bonds is 5. The van der Waals surface area contributed by atoms with E-state index in [2.05, 4.69) is 0 Å². The molecule has 2 fully saturated rings. The maximum atomic E-state index is 12.2. The standard InChI is InChI=1S/C18H25NO2/c20-17(14-7-3-1-4-8-14)12-11-15-13-19(18(15)21)16-9-5-2-6-10-16/h2,5-6,9-10,14-15,17,20H,1,3-4,7-8,11-13H2/t15-,17?/m1/s1. The molecule has 1 aromatic carbocycles. The van der Waals surface area contributed by atoms with Crippen molar-refractivity contribution in [1.29, 1.82) is 0 Å². The first kappa shape index (κ1) is 14.6. The molecule has 1 saturated carbocycles. The minimum atomic E-state index is -0.205. The molecule has 21 heavy (non-hydrogen) atoms. The molecule has 0 spiro atoms. The lowest BCUT2D eigenvalue weighted by Crippen LogP contribution is -2.52. The Bertz CT molecular complexity index is 467. The Hall–Kier alpha value is -1.35. The minimum Gasteiger partial charge on any atom is -0.393 e. The predicted octanol–water partition coefficient (Wildman–Crippen LogP) is 3.37. The van der Waals surface area contributed by atoms with Crippen molar-refractivity contribution in [3.05, 3.63) is 30.3 Å². The van der Waals surface area contributed by atoms with Crippen LogP contribution in [0.5, 0.6) is 0 Å². The molecule has 0 bridgehead atoms. The summed E-state index contributed by atoms with van der Waals surface area (Å²) in [5.41, 5.74) is 0.992. The SMILES string of the molecule is O=C1[C@H](CCC(O)C2CCCCC2)CN1c1ccccc1. The van der Waals surface area contributed by atoms with E-state index in [0.717, 1.165) is 37.9 Å². The fourth-order valence-electron chi connectivity index (χ4n) is 3.68. The number of carbonyl (C=O) groups is 1. The Morgan fingerprint density at radius 2 is 1.86 bits per heavy atom. The number of para-hydroxylation sites is 1. The first-order valence-corrected chi connectivity index (χ1v) is 8.30. The van der Waals surface area contributed by atoms with E-state index in [1.54, 1.807) is 0 Å². The summed E-state index contributed by atoms with van der Waals surface area (Å²) in [6, 6.07) is 9.84. The highest BCUT2D eigenvalue weighted by molar-refractivity contribution is 6.01. The van der Waals surface area contributed by atoms with Gasteiger partial charge in [-0.15, -0.1) is 0 Å². The van der Waals surface area contributed by atoms with Crippen molar-refractivity contribution in [2.24, 2.45) is 11.8 Å². The molecule has 1 aliphatic carbocycles. The summed E-state index contributed by atoms with van der Waals surface area (Å²) in [7, 11) is 0. The third-order valence-corrected chi connectivity index (χ3v) is 5.09. The number of hydrogen-bond acceptors (Lipinski definition) is 2. The van der Waals surface area contributed by atoms with E-state index < -0.39 is 0 Å². The highest BCUT2D eigenvalue weighted by atomic mass is 16.3. The average Bonchev–Trinajstić information content (AvgIpc) is 2.55. The monoisotopic (exact) mass is 287 g/mol. The van der Waals surface area contributed by atoms with Crippen LogP contribution in [0.4, 0.5) is 5.69 Å². The van der Waals surface area contributed by atoms with Crippen LogP contribution in [0.25, 0.3) is 0 Å². The van der Waals surface area contributed by atoms with E-state index in [4.69, 9.17) is 0 Å². The molecule has 1 saturated heterocycles. The van der Waals surface area contributed by atoms with Crippen molar-refractivity contribution in [2.75, 3.05) is 11.4 Å². The van der Waals surface area contributed by atoms with Crippen molar-refractivity contribution >= 4 is 11.6 Å². The Morgan fingerprint density at radius 3 is 2.52 bits per heavy atom. The molecule has 1 aromatic rings. The lowest BCUT2D eigenvalue weighted by Gasteiger charge is -2.39. The lowest BCUT2D eigenvalue weighted by molar-refractivity contribution is -0.127. The summed E-state index contributed by atoms with van der Waals surface area (Å²) < 4.78 is 0. The zero-order chi connectivity index (χ0) is 14.7. The van der Waals surface area contributed by atoms with Gasteiger partial charge in [0.2, 0.25) is 5.91 Å². The fourth-order valence-corrected chi connectivity index (χ4v) is 3.68. The zero-order valence-electron chi connectivity index (χ0n) is 12.6. The highest BCUT2D eigenvalue weighted by Crippen LogP contribution is 2.32. The summed E-state index contributed by atoms with van der Waals surface area (Å²) in [6.07, 6.45) is 7.56. The average molecular weight is 287 g/mol. The van der Waals surface area contributed by atoms with E-state index in [-0.39, 0.29) is 17.9 Å². The molecule has 1 unspecified atom stereocenters. The molecule has 2 aliphatic rings. The Kier molecular flexibility index (Phi) is 4.59. The van der Waals surface area contributed by atoms with Crippen molar-refractivity contribution in [1.82, 2.24) is 0 Å². The number of benzene rings is 1. The van der Waals surface area contributed by atoms with E-state index in [9.17, 15) is 9.90 Å². The molecule has 1 heterocycles. The van der Waals surface area contributed by atoms with Gasteiger partial charge in [0.1, 0.15) is 0 Å². The summed E-state index contributed by atoms with van der Waals surface area (Å²) in [6.45, 7) is 0.806. The summed E-state index contributed by atoms with van der Waals surface area (Å²) in [4.78, 5) is 14.0. The van der Waals surface area contributed by atoms with Crippen LogP contribution in [0, 0.1) is 11.8 Å². The second-order valence-electron chi connectivity index (χ2n) is 6.52. The van der Waals surface area contributed by atoms with Gasteiger partial charge in [-0.1, -0.05) is 37.5 Å². The van der Waals surface area contributed by atoms with E-state index in [1.807, 2.05) is 35.2 Å². The first-order chi connectivity index (χ1) is 10.3. The molecule has 3 rings (SSSR count). The normalized spacial score (nSPS) is 24.7. The van der Waals surface area contributed by atoms with Crippen LogP contribution in [0.2, 0.25) is 0 Å². The van der Waals surface area contributed by atoms with E-state index >= 15 is 0 Å². The van der Waals surface area contributed by atoms with Gasteiger partial charge < -0.3 is 10.0 Å². The van der Waals surface area contributed by atoms with E-state index in [0.29, 0.717) is 5.92 Å². The van der Waals surface area contributed by atoms with Gasteiger partial charge in [-0.2, -0.15) is 0 Å². The Morgan fingerprint density at radius 1 is 1.14 bits per heavy atom. The number of nitrogens with zero attached hydrogens (tertiary/aromatic N) is 1. The van der Waals surface area contributed by atoms with Crippen molar-refractivity contribution in [3.63, 3.8) is 0 Å². The smallest absolute Gasteiger partial charge is 0.231 e. The van der Waals surface area contributed by atoms with Gasteiger partial charge in [0.05, 0.1) is 12.0 Å². The summed E-state index contributed by atoms with van der Waals surface area (Å²) in [5.74, 6) is 0.805. The number of carbonyl (C=O) groups excluding carboxylic acids is 1. The van der Waals surface area contributed by atoms with Gasteiger partial charge in [-0.25, -0.2) is 0 Å². The third-order valence-electron chi connectivity index (χ3n) is 5.09. The molecule has 0 radical (unpaired) electrons. The summed E-state index contributed by atoms with van der Waals surface area (Å²) >= 11 is 0. The lowest BCUT2D eigenvalue weighted by atomic mass is 9.82. The largest absolute Gasteiger partial charge is 0.393 e. The maximum absolute atomic E-state index is 12.2. The van der Waals surface area contributed by atoms with Crippen molar-refractivity contribution < 1.29 is 9.90 Å². The summed E-state index contributed by atoms with van der Waals surface area (Å²) in [5, 5.41) is 10.3. The van der Waals surface area contributed by atoms with Gasteiger partial charge in [0, 0.05) is 12.2 Å². The van der Waals surface area contributed by atoms with Crippen molar-refractivity contribution in [2.45, 2.75) is 51.0 Å². The number of hydrogen-bond donors (Lipinski definition) is 1. The molecule has 1 aliphatic heterocycles. The second-order valence-corrected chi connectivity index (χ2v) is 6.52.